The Kier molecular flexibility index (Phi) is 5.01. The van der Waals surface area contributed by atoms with Crippen molar-refractivity contribution in [3.63, 3.8) is 0 Å². The summed E-state index contributed by atoms with van der Waals surface area (Å²) in [5.41, 5.74) is 0.866. The van der Waals surface area contributed by atoms with Crippen LogP contribution in [-0.2, 0) is 6.54 Å². The highest BCUT2D eigenvalue weighted by Crippen LogP contribution is 2.24. The predicted molar refractivity (Wildman–Crippen MR) is 72.7 cm³/mol. The molecule has 0 saturated carbocycles. The molecule has 5 heteroatoms. The fourth-order valence-electron chi connectivity index (χ4n) is 1.70. The molecule has 0 unspecified atom stereocenters. The minimum Gasteiger partial charge on any atom is -0.439 e. The number of aromatic nitrogens is 1. The van der Waals surface area contributed by atoms with Crippen LogP contribution in [0.15, 0.2) is 36.5 Å². The van der Waals surface area contributed by atoms with Crippen molar-refractivity contribution in [3.05, 3.63) is 53.7 Å². The topological polar surface area (TPSA) is 34.2 Å². The Morgan fingerprint density at radius 1 is 1.20 bits per heavy atom. The summed E-state index contributed by atoms with van der Waals surface area (Å²) in [4.78, 5) is 4.13. The lowest BCUT2D eigenvalue weighted by atomic mass is 10.2. The van der Waals surface area contributed by atoms with Crippen LogP contribution in [0.4, 0.5) is 8.78 Å². The molecule has 1 N–H and O–H groups in total. The fourth-order valence-corrected chi connectivity index (χ4v) is 1.70. The van der Waals surface area contributed by atoms with Crippen molar-refractivity contribution in [2.75, 3.05) is 6.54 Å². The second-order valence-corrected chi connectivity index (χ2v) is 4.32. The molecule has 20 heavy (non-hydrogen) atoms. The van der Waals surface area contributed by atoms with Crippen LogP contribution in [0.3, 0.4) is 0 Å². The SMILES string of the molecule is CCCNCc1cccnc1Oc1ccc(F)c(F)c1. The first-order valence-corrected chi connectivity index (χ1v) is 6.48. The summed E-state index contributed by atoms with van der Waals surface area (Å²) in [5.74, 6) is -1.23. The zero-order valence-corrected chi connectivity index (χ0v) is 11.2. The Morgan fingerprint density at radius 3 is 2.80 bits per heavy atom. The van der Waals surface area contributed by atoms with Crippen molar-refractivity contribution in [1.82, 2.24) is 10.3 Å². The van der Waals surface area contributed by atoms with Gasteiger partial charge in [0.05, 0.1) is 0 Å². The average molecular weight is 278 g/mol. The molecule has 0 fully saturated rings. The van der Waals surface area contributed by atoms with Crippen LogP contribution in [0.5, 0.6) is 11.6 Å². The summed E-state index contributed by atoms with van der Waals surface area (Å²) < 4.78 is 31.5. The molecule has 1 aromatic carbocycles. The summed E-state index contributed by atoms with van der Waals surface area (Å²) in [6.45, 7) is 3.58. The molecule has 2 aromatic rings. The normalized spacial score (nSPS) is 10.6. The first-order chi connectivity index (χ1) is 9.70. The highest BCUT2D eigenvalue weighted by molar-refractivity contribution is 5.32. The number of benzene rings is 1. The van der Waals surface area contributed by atoms with Gasteiger partial charge in [-0.05, 0) is 31.2 Å². The van der Waals surface area contributed by atoms with E-state index < -0.39 is 11.6 Å². The van der Waals surface area contributed by atoms with E-state index in [1.54, 1.807) is 12.3 Å². The van der Waals surface area contributed by atoms with Crippen LogP contribution in [0.1, 0.15) is 18.9 Å². The monoisotopic (exact) mass is 278 g/mol. The van der Waals surface area contributed by atoms with Crippen LogP contribution in [-0.4, -0.2) is 11.5 Å². The lowest BCUT2D eigenvalue weighted by Gasteiger charge is -2.10. The van der Waals surface area contributed by atoms with Gasteiger partial charge in [-0.15, -0.1) is 0 Å². The third kappa shape index (κ3) is 3.74. The molecule has 0 atom stereocenters. The highest BCUT2D eigenvalue weighted by Gasteiger charge is 2.08. The Balaban J connectivity index is 2.13. The molecule has 3 nitrogen and oxygen atoms in total. The van der Waals surface area contributed by atoms with Crippen molar-refractivity contribution >= 4 is 0 Å². The number of hydrogen-bond donors (Lipinski definition) is 1. The van der Waals surface area contributed by atoms with Gasteiger partial charge in [-0.25, -0.2) is 13.8 Å². The Morgan fingerprint density at radius 2 is 2.05 bits per heavy atom. The lowest BCUT2D eigenvalue weighted by molar-refractivity contribution is 0.440. The number of pyridine rings is 1. The number of nitrogens with zero attached hydrogens (tertiary/aromatic N) is 1. The van der Waals surface area contributed by atoms with Crippen LogP contribution in [0.2, 0.25) is 0 Å². The number of hydrogen-bond acceptors (Lipinski definition) is 3. The molecule has 0 bridgehead atoms. The molecule has 0 aliphatic rings. The number of rotatable bonds is 6. The van der Waals surface area contributed by atoms with Gasteiger partial charge >= 0.3 is 0 Å². The molecule has 0 radical (unpaired) electrons. The summed E-state index contributed by atoms with van der Waals surface area (Å²) in [5, 5.41) is 3.24. The smallest absolute Gasteiger partial charge is 0.223 e. The van der Waals surface area contributed by atoms with E-state index in [9.17, 15) is 8.78 Å². The number of ether oxygens (including phenoxy) is 1. The minimum absolute atomic E-state index is 0.222. The minimum atomic E-state index is -0.941. The Hall–Kier alpha value is -2.01. The molecule has 106 valence electrons. The van der Waals surface area contributed by atoms with Gasteiger partial charge in [0, 0.05) is 24.4 Å². The van der Waals surface area contributed by atoms with Gasteiger partial charge in [0.15, 0.2) is 11.6 Å². The largest absolute Gasteiger partial charge is 0.439 e. The molecular formula is C15H16F2N2O. The zero-order chi connectivity index (χ0) is 14.4. The van der Waals surface area contributed by atoms with Crippen LogP contribution < -0.4 is 10.1 Å². The third-order valence-electron chi connectivity index (χ3n) is 2.70. The van der Waals surface area contributed by atoms with E-state index >= 15 is 0 Å². The predicted octanol–water partition coefficient (Wildman–Crippen LogP) is 3.65. The van der Waals surface area contributed by atoms with E-state index in [1.165, 1.54) is 6.07 Å². The standard InChI is InChI=1S/C15H16F2N2O/c1-2-7-18-10-11-4-3-8-19-15(11)20-12-5-6-13(16)14(17)9-12/h3-6,8-9,18H,2,7,10H2,1H3. The van der Waals surface area contributed by atoms with E-state index in [4.69, 9.17) is 4.74 Å². The van der Waals surface area contributed by atoms with Crippen LogP contribution in [0, 0.1) is 11.6 Å². The number of halogens is 2. The molecule has 0 spiro atoms. The van der Waals surface area contributed by atoms with Crippen molar-refractivity contribution in [2.24, 2.45) is 0 Å². The van der Waals surface area contributed by atoms with Crippen LogP contribution >= 0.6 is 0 Å². The van der Waals surface area contributed by atoms with E-state index in [1.807, 2.05) is 6.07 Å². The first kappa shape index (κ1) is 14.4. The van der Waals surface area contributed by atoms with Crippen molar-refractivity contribution in [3.8, 4) is 11.6 Å². The first-order valence-electron chi connectivity index (χ1n) is 6.48. The molecular weight excluding hydrogens is 262 g/mol. The molecule has 1 heterocycles. The van der Waals surface area contributed by atoms with E-state index in [0.29, 0.717) is 12.4 Å². The maximum Gasteiger partial charge on any atom is 0.223 e. The summed E-state index contributed by atoms with van der Waals surface area (Å²) in [6.07, 6.45) is 2.62. The molecule has 0 aliphatic carbocycles. The molecule has 0 saturated heterocycles. The molecule has 2 rings (SSSR count). The van der Waals surface area contributed by atoms with Crippen molar-refractivity contribution in [2.45, 2.75) is 19.9 Å². The molecule has 1 aromatic heterocycles. The van der Waals surface area contributed by atoms with Gasteiger partial charge in [0.25, 0.3) is 0 Å². The van der Waals surface area contributed by atoms with Gasteiger partial charge in [0.2, 0.25) is 5.88 Å². The van der Waals surface area contributed by atoms with Gasteiger partial charge < -0.3 is 10.1 Å². The summed E-state index contributed by atoms with van der Waals surface area (Å²) in [6, 6.07) is 7.10. The Labute approximate surface area is 116 Å². The van der Waals surface area contributed by atoms with Gasteiger partial charge in [-0.2, -0.15) is 0 Å². The summed E-state index contributed by atoms with van der Waals surface area (Å²) >= 11 is 0. The van der Waals surface area contributed by atoms with Crippen LogP contribution in [0.25, 0.3) is 0 Å². The zero-order valence-electron chi connectivity index (χ0n) is 11.2. The van der Waals surface area contributed by atoms with E-state index in [-0.39, 0.29) is 5.75 Å². The molecule has 0 aliphatic heterocycles. The fraction of sp³-hybridized carbons (Fsp3) is 0.267. The second-order valence-electron chi connectivity index (χ2n) is 4.32. The van der Waals surface area contributed by atoms with Gasteiger partial charge in [0.1, 0.15) is 5.75 Å². The molecule has 0 amide bonds. The lowest BCUT2D eigenvalue weighted by Crippen LogP contribution is -2.14. The maximum atomic E-state index is 13.1. The Bertz CT molecular complexity index is 576. The summed E-state index contributed by atoms with van der Waals surface area (Å²) in [7, 11) is 0. The average Bonchev–Trinajstić information content (AvgIpc) is 2.45. The second kappa shape index (κ2) is 6.96. The van der Waals surface area contributed by atoms with E-state index in [2.05, 4.69) is 17.2 Å². The third-order valence-corrected chi connectivity index (χ3v) is 2.70. The highest BCUT2D eigenvalue weighted by atomic mass is 19.2. The van der Waals surface area contributed by atoms with Crippen molar-refractivity contribution in [1.29, 1.82) is 0 Å². The van der Waals surface area contributed by atoms with E-state index in [0.717, 1.165) is 30.7 Å². The number of nitrogens with one attached hydrogen (secondary N) is 1. The maximum absolute atomic E-state index is 13.1. The van der Waals surface area contributed by atoms with Gasteiger partial charge in [-0.3, -0.25) is 0 Å². The van der Waals surface area contributed by atoms with Gasteiger partial charge in [-0.1, -0.05) is 13.0 Å². The van der Waals surface area contributed by atoms with Crippen molar-refractivity contribution < 1.29 is 13.5 Å². The quantitative estimate of drug-likeness (QED) is 0.819.